The van der Waals surface area contributed by atoms with Crippen molar-refractivity contribution in [1.82, 2.24) is 0 Å². The number of ether oxygens (including phenoxy) is 2. The first kappa shape index (κ1) is 49.9. The number of aliphatic hydroxyl groups is 2. The molecule has 0 spiro atoms. The van der Waals surface area contributed by atoms with Gasteiger partial charge in [-0.25, -0.2) is 4.57 Å². The number of hydrogen-bond acceptors (Lipinski definition) is 9. The molecular weight excluding hydrogens is 683 g/mol. The molecule has 0 aromatic carbocycles. The average Bonchev–Trinajstić information content (AvgIpc) is 3.13. The maximum Gasteiger partial charge on any atom is 0.472 e. The topological polar surface area (TPSA) is 149 Å². The Morgan fingerprint density at radius 2 is 1.00 bits per heavy atom. The summed E-state index contributed by atoms with van der Waals surface area (Å²) in [5.74, 6) is -0.964. The predicted molar refractivity (Wildman–Crippen MR) is 210 cm³/mol. The third kappa shape index (κ3) is 36.3. The number of allylic oxidation sites excluding steroid dienone is 8. The summed E-state index contributed by atoms with van der Waals surface area (Å²) < 4.78 is 32.6. The monoisotopic (exact) mass is 756 g/mol. The van der Waals surface area contributed by atoms with Crippen molar-refractivity contribution in [3.05, 3.63) is 48.6 Å². The molecule has 302 valence electrons. The molecular formula is C41H73O10P. The van der Waals surface area contributed by atoms with E-state index in [0.29, 0.717) is 12.8 Å². The zero-order chi connectivity index (χ0) is 38.4. The fourth-order valence-electron chi connectivity index (χ4n) is 5.09. The van der Waals surface area contributed by atoms with Crippen LogP contribution in [-0.4, -0.2) is 65.7 Å². The van der Waals surface area contributed by atoms with Crippen LogP contribution in [0.3, 0.4) is 0 Å². The number of phosphoric acid groups is 1. The smallest absolute Gasteiger partial charge is 0.462 e. The van der Waals surface area contributed by atoms with Crippen molar-refractivity contribution < 1.29 is 47.8 Å². The molecule has 0 aromatic heterocycles. The van der Waals surface area contributed by atoms with Crippen LogP contribution in [0.25, 0.3) is 0 Å². The third-order valence-electron chi connectivity index (χ3n) is 8.24. The lowest BCUT2D eigenvalue weighted by molar-refractivity contribution is -0.161. The van der Waals surface area contributed by atoms with E-state index in [4.69, 9.17) is 19.1 Å². The van der Waals surface area contributed by atoms with Gasteiger partial charge in [0.15, 0.2) is 6.10 Å². The van der Waals surface area contributed by atoms with E-state index in [-0.39, 0.29) is 19.4 Å². The molecule has 0 saturated heterocycles. The molecule has 11 heteroatoms. The SMILES string of the molecule is CCCCC/C=C/C/C=C/C/C=C/C/C=C/CCCCCC(=O)O[C@H](COC(=O)CCCCCCCCCCCC)COP(=O)(O)OC[C@@H](O)CO. The molecule has 1 unspecified atom stereocenters. The maximum absolute atomic E-state index is 12.6. The summed E-state index contributed by atoms with van der Waals surface area (Å²) >= 11 is 0. The van der Waals surface area contributed by atoms with Crippen molar-refractivity contribution in [3.63, 3.8) is 0 Å². The molecule has 0 aliphatic heterocycles. The van der Waals surface area contributed by atoms with E-state index in [0.717, 1.165) is 57.8 Å². The number of carbonyl (C=O) groups excluding carboxylic acids is 2. The van der Waals surface area contributed by atoms with Gasteiger partial charge in [-0.2, -0.15) is 0 Å². The molecule has 0 amide bonds. The van der Waals surface area contributed by atoms with Crippen molar-refractivity contribution >= 4 is 19.8 Å². The molecule has 0 radical (unpaired) electrons. The normalized spacial score (nSPS) is 14.5. The molecule has 0 rings (SSSR count). The number of phosphoric ester groups is 1. The highest BCUT2D eigenvalue weighted by Crippen LogP contribution is 2.43. The van der Waals surface area contributed by atoms with Gasteiger partial charge in [-0.05, 0) is 57.8 Å². The highest BCUT2D eigenvalue weighted by atomic mass is 31.2. The average molecular weight is 757 g/mol. The fraction of sp³-hybridized carbons (Fsp3) is 0.756. The summed E-state index contributed by atoms with van der Waals surface area (Å²) in [6.07, 6.45) is 38.0. The van der Waals surface area contributed by atoms with Crippen LogP contribution in [0.1, 0.15) is 162 Å². The second-order valence-electron chi connectivity index (χ2n) is 13.3. The lowest BCUT2D eigenvalue weighted by Gasteiger charge is -2.20. The summed E-state index contributed by atoms with van der Waals surface area (Å²) in [6, 6.07) is 0. The number of rotatable bonds is 37. The van der Waals surface area contributed by atoms with E-state index < -0.39 is 51.8 Å². The highest BCUT2D eigenvalue weighted by Gasteiger charge is 2.27. The van der Waals surface area contributed by atoms with Crippen LogP contribution in [0.15, 0.2) is 48.6 Å². The molecule has 0 aliphatic carbocycles. The van der Waals surface area contributed by atoms with Gasteiger partial charge in [0.25, 0.3) is 0 Å². The van der Waals surface area contributed by atoms with Gasteiger partial charge in [0.1, 0.15) is 12.7 Å². The summed E-state index contributed by atoms with van der Waals surface area (Å²) in [5.41, 5.74) is 0. The Morgan fingerprint density at radius 1 is 0.577 bits per heavy atom. The van der Waals surface area contributed by atoms with Gasteiger partial charge >= 0.3 is 19.8 Å². The summed E-state index contributed by atoms with van der Waals surface area (Å²) in [5, 5.41) is 18.3. The first-order chi connectivity index (χ1) is 25.2. The minimum atomic E-state index is -4.62. The Hall–Kier alpha value is -2.07. The summed E-state index contributed by atoms with van der Waals surface area (Å²) in [6.45, 7) is 2.28. The Kier molecular flexibility index (Phi) is 35.8. The number of carbonyl (C=O) groups is 2. The number of unbranched alkanes of at least 4 members (excludes halogenated alkanes) is 15. The highest BCUT2D eigenvalue weighted by molar-refractivity contribution is 7.47. The van der Waals surface area contributed by atoms with Crippen LogP contribution in [0, 0.1) is 0 Å². The van der Waals surface area contributed by atoms with Crippen LogP contribution in [-0.2, 0) is 32.7 Å². The summed E-state index contributed by atoms with van der Waals surface area (Å²) in [7, 11) is -4.62. The van der Waals surface area contributed by atoms with Gasteiger partial charge < -0.3 is 24.6 Å². The number of hydrogen-bond donors (Lipinski definition) is 3. The summed E-state index contributed by atoms with van der Waals surface area (Å²) in [4.78, 5) is 34.8. The second kappa shape index (κ2) is 37.3. The number of aliphatic hydroxyl groups excluding tert-OH is 2. The van der Waals surface area contributed by atoms with Gasteiger partial charge in [-0.3, -0.25) is 18.6 Å². The molecule has 10 nitrogen and oxygen atoms in total. The molecule has 0 fully saturated rings. The van der Waals surface area contributed by atoms with Crippen LogP contribution in [0.2, 0.25) is 0 Å². The second-order valence-corrected chi connectivity index (χ2v) is 14.8. The number of esters is 2. The van der Waals surface area contributed by atoms with E-state index in [1.807, 2.05) is 0 Å². The quantitative estimate of drug-likeness (QED) is 0.0242. The lowest BCUT2D eigenvalue weighted by atomic mass is 10.1. The van der Waals surface area contributed by atoms with E-state index in [2.05, 4.69) is 67.0 Å². The predicted octanol–water partition coefficient (Wildman–Crippen LogP) is 10.2. The minimum Gasteiger partial charge on any atom is -0.462 e. The van der Waals surface area contributed by atoms with E-state index in [1.54, 1.807) is 0 Å². The zero-order valence-electron chi connectivity index (χ0n) is 32.5. The fourth-order valence-corrected chi connectivity index (χ4v) is 5.88. The van der Waals surface area contributed by atoms with Crippen LogP contribution in [0.5, 0.6) is 0 Å². The molecule has 0 bridgehead atoms. The molecule has 0 aliphatic rings. The van der Waals surface area contributed by atoms with Crippen LogP contribution in [0.4, 0.5) is 0 Å². The van der Waals surface area contributed by atoms with Gasteiger partial charge in [0.05, 0.1) is 19.8 Å². The molecule has 52 heavy (non-hydrogen) atoms. The van der Waals surface area contributed by atoms with Gasteiger partial charge in [0, 0.05) is 12.8 Å². The Bertz CT molecular complexity index is 1010. The van der Waals surface area contributed by atoms with Crippen LogP contribution >= 0.6 is 7.82 Å². The van der Waals surface area contributed by atoms with Crippen molar-refractivity contribution in [2.45, 2.75) is 174 Å². The standard InChI is InChI=1S/C41H73O10P/c1-3-5-7-9-11-13-15-16-17-18-19-20-21-22-23-25-27-29-31-33-41(45)51-39(37-50-52(46,47)49-35-38(43)34-42)36-48-40(44)32-30-28-26-24-14-12-10-8-6-4-2/h11,13,16-17,19-20,22-23,38-39,42-43H,3-10,12,14-15,18,21,24-37H2,1-2H3,(H,46,47)/b13-11+,17-16+,20-19+,23-22+/t38-,39+/m0/s1. The van der Waals surface area contributed by atoms with E-state index in [1.165, 1.54) is 64.2 Å². The van der Waals surface area contributed by atoms with Gasteiger partial charge in [-0.15, -0.1) is 0 Å². The van der Waals surface area contributed by atoms with Crippen molar-refractivity contribution in [1.29, 1.82) is 0 Å². The van der Waals surface area contributed by atoms with Gasteiger partial charge in [-0.1, -0.05) is 140 Å². The van der Waals surface area contributed by atoms with Gasteiger partial charge in [0.2, 0.25) is 0 Å². The third-order valence-corrected chi connectivity index (χ3v) is 9.19. The van der Waals surface area contributed by atoms with E-state index >= 15 is 0 Å². The zero-order valence-corrected chi connectivity index (χ0v) is 33.4. The Balaban J connectivity index is 4.39. The van der Waals surface area contributed by atoms with Crippen molar-refractivity contribution in [2.24, 2.45) is 0 Å². The Morgan fingerprint density at radius 3 is 1.54 bits per heavy atom. The van der Waals surface area contributed by atoms with E-state index in [9.17, 15) is 24.2 Å². The maximum atomic E-state index is 12.6. The molecule has 0 saturated carbocycles. The molecule has 0 heterocycles. The lowest BCUT2D eigenvalue weighted by Crippen LogP contribution is -2.29. The van der Waals surface area contributed by atoms with Crippen molar-refractivity contribution in [2.75, 3.05) is 26.4 Å². The molecule has 0 aromatic rings. The minimum absolute atomic E-state index is 0.146. The first-order valence-electron chi connectivity index (χ1n) is 20.1. The Labute approximate surface area is 315 Å². The molecule has 3 N–H and O–H groups in total. The first-order valence-corrected chi connectivity index (χ1v) is 21.6. The molecule has 3 atom stereocenters. The van der Waals surface area contributed by atoms with Crippen LogP contribution < -0.4 is 0 Å². The van der Waals surface area contributed by atoms with Crippen molar-refractivity contribution in [3.8, 4) is 0 Å². The largest absolute Gasteiger partial charge is 0.472 e.